The SMILES string of the molecule is COc1cc(CC(=O)N2CCc3oc(C(C)C)nc3C2)cc(OC)c1OC. The van der Waals surface area contributed by atoms with Gasteiger partial charge in [0.15, 0.2) is 17.4 Å². The lowest BCUT2D eigenvalue weighted by Crippen LogP contribution is -2.36. The average Bonchev–Trinajstić information content (AvgIpc) is 3.10. The molecule has 3 rings (SSSR count). The molecule has 1 aromatic heterocycles. The lowest BCUT2D eigenvalue weighted by molar-refractivity contribution is -0.131. The first kappa shape index (κ1) is 19.1. The molecule has 1 aliphatic heterocycles. The van der Waals surface area contributed by atoms with Crippen LogP contribution in [-0.2, 0) is 24.2 Å². The van der Waals surface area contributed by atoms with Crippen molar-refractivity contribution >= 4 is 5.91 Å². The monoisotopic (exact) mass is 374 g/mol. The summed E-state index contributed by atoms with van der Waals surface area (Å²) in [6.07, 6.45) is 0.941. The van der Waals surface area contributed by atoms with Gasteiger partial charge in [-0.15, -0.1) is 0 Å². The average molecular weight is 374 g/mol. The van der Waals surface area contributed by atoms with Crippen molar-refractivity contribution < 1.29 is 23.4 Å². The highest BCUT2D eigenvalue weighted by Gasteiger charge is 2.26. The third kappa shape index (κ3) is 3.86. The van der Waals surface area contributed by atoms with Crippen molar-refractivity contribution in [3.63, 3.8) is 0 Å². The van der Waals surface area contributed by atoms with E-state index in [0.29, 0.717) is 36.8 Å². The van der Waals surface area contributed by atoms with E-state index in [1.165, 1.54) is 0 Å². The minimum atomic E-state index is 0.0315. The van der Waals surface area contributed by atoms with Gasteiger partial charge in [-0.1, -0.05) is 13.8 Å². The molecule has 2 aromatic rings. The molecule has 27 heavy (non-hydrogen) atoms. The number of amides is 1. The third-order valence-corrected chi connectivity index (χ3v) is 4.67. The van der Waals surface area contributed by atoms with Gasteiger partial charge in [0.05, 0.1) is 34.3 Å². The molecule has 2 heterocycles. The highest BCUT2D eigenvalue weighted by Crippen LogP contribution is 2.38. The number of rotatable bonds is 6. The molecule has 7 nitrogen and oxygen atoms in total. The molecule has 0 bridgehead atoms. The summed E-state index contributed by atoms with van der Waals surface area (Å²) < 4.78 is 21.9. The number of hydrogen-bond acceptors (Lipinski definition) is 6. The molecule has 0 N–H and O–H groups in total. The van der Waals surface area contributed by atoms with Crippen LogP contribution in [0.15, 0.2) is 16.5 Å². The third-order valence-electron chi connectivity index (χ3n) is 4.67. The van der Waals surface area contributed by atoms with E-state index in [4.69, 9.17) is 18.6 Å². The maximum atomic E-state index is 12.8. The lowest BCUT2D eigenvalue weighted by Gasteiger charge is -2.25. The predicted molar refractivity (Wildman–Crippen MR) is 99.5 cm³/mol. The molecule has 7 heteroatoms. The first-order valence-corrected chi connectivity index (χ1v) is 9.02. The number of nitrogens with zero attached hydrogens (tertiary/aromatic N) is 2. The van der Waals surface area contributed by atoms with Gasteiger partial charge in [0.2, 0.25) is 11.7 Å². The summed E-state index contributed by atoms with van der Waals surface area (Å²) in [7, 11) is 4.68. The Morgan fingerprint density at radius 3 is 2.41 bits per heavy atom. The summed E-state index contributed by atoms with van der Waals surface area (Å²) in [5, 5.41) is 0. The van der Waals surface area contributed by atoms with Gasteiger partial charge in [0, 0.05) is 18.9 Å². The van der Waals surface area contributed by atoms with Crippen LogP contribution in [0.5, 0.6) is 17.2 Å². The number of carbonyl (C=O) groups excluding carboxylic acids is 1. The quantitative estimate of drug-likeness (QED) is 0.774. The molecule has 146 valence electrons. The van der Waals surface area contributed by atoms with Crippen molar-refractivity contribution in [1.82, 2.24) is 9.88 Å². The zero-order valence-corrected chi connectivity index (χ0v) is 16.5. The fourth-order valence-electron chi connectivity index (χ4n) is 3.20. The Bertz CT molecular complexity index is 803. The second-order valence-electron chi connectivity index (χ2n) is 6.85. The van der Waals surface area contributed by atoms with E-state index in [1.54, 1.807) is 21.3 Å². The number of carbonyl (C=O) groups is 1. The second kappa shape index (κ2) is 7.90. The molecule has 1 aromatic carbocycles. The van der Waals surface area contributed by atoms with E-state index >= 15 is 0 Å². The van der Waals surface area contributed by atoms with Crippen molar-refractivity contribution in [1.29, 1.82) is 0 Å². The minimum absolute atomic E-state index is 0.0315. The van der Waals surface area contributed by atoms with Crippen LogP contribution in [-0.4, -0.2) is 43.7 Å². The summed E-state index contributed by atoms with van der Waals surface area (Å²) >= 11 is 0. The summed E-state index contributed by atoms with van der Waals surface area (Å²) in [5.74, 6) is 3.50. The summed E-state index contributed by atoms with van der Waals surface area (Å²) in [4.78, 5) is 19.2. The lowest BCUT2D eigenvalue weighted by atomic mass is 10.1. The number of methoxy groups -OCH3 is 3. The Morgan fingerprint density at radius 1 is 1.19 bits per heavy atom. The van der Waals surface area contributed by atoms with Gasteiger partial charge in [-0.05, 0) is 17.7 Å². The molecule has 0 saturated heterocycles. The van der Waals surface area contributed by atoms with E-state index in [1.807, 2.05) is 30.9 Å². The number of ether oxygens (including phenoxy) is 3. The van der Waals surface area contributed by atoms with E-state index < -0.39 is 0 Å². The van der Waals surface area contributed by atoms with E-state index in [2.05, 4.69) is 4.98 Å². The molecular weight excluding hydrogens is 348 g/mol. The topological polar surface area (TPSA) is 74.0 Å². The van der Waals surface area contributed by atoms with Gasteiger partial charge >= 0.3 is 0 Å². The molecule has 0 fully saturated rings. The highest BCUT2D eigenvalue weighted by molar-refractivity contribution is 5.79. The first-order valence-electron chi connectivity index (χ1n) is 9.02. The zero-order chi connectivity index (χ0) is 19.6. The summed E-state index contributed by atoms with van der Waals surface area (Å²) in [6, 6.07) is 3.61. The maximum Gasteiger partial charge on any atom is 0.227 e. The molecule has 1 aliphatic rings. The minimum Gasteiger partial charge on any atom is -0.493 e. The molecule has 0 atom stereocenters. The van der Waals surface area contributed by atoms with Gasteiger partial charge in [-0.2, -0.15) is 0 Å². The van der Waals surface area contributed by atoms with E-state index in [0.717, 1.165) is 22.9 Å². The number of benzene rings is 1. The maximum absolute atomic E-state index is 12.8. The van der Waals surface area contributed by atoms with Crippen LogP contribution in [0.2, 0.25) is 0 Å². The van der Waals surface area contributed by atoms with Crippen LogP contribution in [0.25, 0.3) is 0 Å². The van der Waals surface area contributed by atoms with Crippen LogP contribution >= 0.6 is 0 Å². The molecule has 0 radical (unpaired) electrons. The Labute approximate surface area is 159 Å². The molecule has 0 unspecified atom stereocenters. The standard InChI is InChI=1S/C20H26N2O5/c1-12(2)20-21-14-11-22(7-6-15(14)27-20)18(23)10-13-8-16(24-3)19(26-5)17(9-13)25-4/h8-9,12H,6-7,10-11H2,1-5H3. The summed E-state index contributed by atoms with van der Waals surface area (Å²) in [6.45, 7) is 5.20. The molecule has 0 saturated carbocycles. The predicted octanol–water partition coefficient (Wildman–Crippen LogP) is 2.95. The zero-order valence-electron chi connectivity index (χ0n) is 16.5. The molecule has 0 spiro atoms. The van der Waals surface area contributed by atoms with Gasteiger partial charge in [0.25, 0.3) is 0 Å². The normalized spacial score (nSPS) is 13.5. The van der Waals surface area contributed by atoms with Crippen molar-refractivity contribution in [2.75, 3.05) is 27.9 Å². The van der Waals surface area contributed by atoms with Gasteiger partial charge in [0.1, 0.15) is 11.5 Å². The number of fused-ring (bicyclic) bond motifs is 1. The van der Waals surface area contributed by atoms with Crippen molar-refractivity contribution in [3.05, 3.63) is 35.0 Å². The van der Waals surface area contributed by atoms with Crippen LogP contribution < -0.4 is 14.2 Å². The summed E-state index contributed by atoms with van der Waals surface area (Å²) in [5.41, 5.74) is 1.67. The highest BCUT2D eigenvalue weighted by atomic mass is 16.5. The van der Waals surface area contributed by atoms with Crippen molar-refractivity contribution in [2.45, 2.75) is 39.2 Å². The van der Waals surface area contributed by atoms with Crippen LogP contribution in [0.3, 0.4) is 0 Å². The van der Waals surface area contributed by atoms with E-state index in [-0.39, 0.29) is 18.2 Å². The number of oxazole rings is 1. The Hall–Kier alpha value is -2.70. The Morgan fingerprint density at radius 2 is 1.85 bits per heavy atom. The fraction of sp³-hybridized carbons (Fsp3) is 0.500. The smallest absolute Gasteiger partial charge is 0.227 e. The van der Waals surface area contributed by atoms with Gasteiger partial charge in [-0.25, -0.2) is 4.98 Å². The van der Waals surface area contributed by atoms with Crippen LogP contribution in [0, 0.1) is 0 Å². The molecular formula is C20H26N2O5. The Balaban J connectivity index is 1.76. The van der Waals surface area contributed by atoms with Crippen molar-refractivity contribution in [3.8, 4) is 17.2 Å². The fourth-order valence-corrected chi connectivity index (χ4v) is 3.20. The Kier molecular flexibility index (Phi) is 5.58. The van der Waals surface area contributed by atoms with Crippen LogP contribution in [0.4, 0.5) is 0 Å². The van der Waals surface area contributed by atoms with Gasteiger partial charge < -0.3 is 23.5 Å². The molecule has 1 amide bonds. The number of aromatic nitrogens is 1. The van der Waals surface area contributed by atoms with E-state index in [9.17, 15) is 4.79 Å². The van der Waals surface area contributed by atoms with Crippen LogP contribution in [0.1, 0.15) is 42.7 Å². The van der Waals surface area contributed by atoms with Crippen molar-refractivity contribution in [2.24, 2.45) is 0 Å². The first-order chi connectivity index (χ1) is 13.0. The second-order valence-corrected chi connectivity index (χ2v) is 6.85. The number of hydrogen-bond donors (Lipinski definition) is 0. The van der Waals surface area contributed by atoms with Gasteiger partial charge in [-0.3, -0.25) is 4.79 Å². The largest absolute Gasteiger partial charge is 0.493 e. The molecule has 0 aliphatic carbocycles.